The summed E-state index contributed by atoms with van der Waals surface area (Å²) in [7, 11) is 0. The van der Waals surface area contributed by atoms with E-state index in [0.29, 0.717) is 19.6 Å². The summed E-state index contributed by atoms with van der Waals surface area (Å²) in [6.45, 7) is 1.70. The minimum Gasteiger partial charge on any atom is -0.480 e. The van der Waals surface area contributed by atoms with E-state index in [1.54, 1.807) is 0 Å². The van der Waals surface area contributed by atoms with Crippen LogP contribution in [0.4, 0.5) is 4.79 Å². The number of carbonyl (C=O) groups is 2. The Bertz CT molecular complexity index is 450. The monoisotopic (exact) mass is 263 g/mol. The molecule has 19 heavy (non-hydrogen) atoms. The van der Waals surface area contributed by atoms with Gasteiger partial charge in [-0.25, -0.2) is 9.59 Å². The fourth-order valence-corrected chi connectivity index (χ4v) is 2.04. The average Bonchev–Trinajstić information content (AvgIpc) is 2.46. The van der Waals surface area contributed by atoms with Crippen molar-refractivity contribution in [3.63, 3.8) is 0 Å². The molecule has 1 aliphatic rings. The summed E-state index contributed by atoms with van der Waals surface area (Å²) in [4.78, 5) is 24.5. The molecule has 3 N–H and O–H groups in total. The molecule has 1 aliphatic heterocycles. The van der Waals surface area contributed by atoms with Crippen LogP contribution in [0.3, 0.4) is 0 Å². The van der Waals surface area contributed by atoms with Crippen molar-refractivity contribution in [2.45, 2.75) is 12.6 Å². The number of carboxylic acid groups (broad SMARTS) is 1. The largest absolute Gasteiger partial charge is 0.480 e. The molecular formula is C13H17N3O3. The van der Waals surface area contributed by atoms with Crippen molar-refractivity contribution in [2.75, 3.05) is 19.6 Å². The van der Waals surface area contributed by atoms with Gasteiger partial charge in [0.05, 0.1) is 0 Å². The number of rotatable bonds is 3. The molecule has 0 spiro atoms. The minimum absolute atomic E-state index is 0.286. The van der Waals surface area contributed by atoms with Gasteiger partial charge in [-0.2, -0.15) is 0 Å². The predicted molar refractivity (Wildman–Crippen MR) is 69.7 cm³/mol. The Morgan fingerprint density at radius 2 is 2.11 bits per heavy atom. The lowest BCUT2D eigenvalue weighted by Crippen LogP contribution is -2.59. The molecule has 1 heterocycles. The maximum Gasteiger partial charge on any atom is 0.327 e. The Hall–Kier alpha value is -2.08. The van der Waals surface area contributed by atoms with Crippen LogP contribution in [0.5, 0.6) is 0 Å². The second-order valence-electron chi connectivity index (χ2n) is 4.40. The number of aliphatic carboxylic acids is 1. The van der Waals surface area contributed by atoms with Gasteiger partial charge in [-0.1, -0.05) is 30.3 Å². The molecule has 6 heteroatoms. The second kappa shape index (κ2) is 6.19. The van der Waals surface area contributed by atoms with E-state index in [2.05, 4.69) is 10.6 Å². The zero-order valence-electron chi connectivity index (χ0n) is 10.5. The normalized spacial score (nSPS) is 18.9. The number of nitrogens with one attached hydrogen (secondary N) is 2. The first-order valence-electron chi connectivity index (χ1n) is 6.20. The van der Waals surface area contributed by atoms with E-state index in [4.69, 9.17) is 5.11 Å². The standard InChI is InChI=1S/C13H17N3O3/c17-12(18)11-9-14-6-7-16(11)13(19)15-8-10-4-2-1-3-5-10/h1-5,11,14H,6-9H2,(H,15,19)(H,17,18). The smallest absolute Gasteiger partial charge is 0.327 e. The summed E-state index contributed by atoms with van der Waals surface area (Å²) in [6.07, 6.45) is 0. The first-order chi connectivity index (χ1) is 9.18. The van der Waals surface area contributed by atoms with Crippen molar-refractivity contribution in [3.8, 4) is 0 Å². The third kappa shape index (κ3) is 3.45. The quantitative estimate of drug-likeness (QED) is 0.730. The van der Waals surface area contributed by atoms with Gasteiger partial charge in [0.25, 0.3) is 0 Å². The average molecular weight is 263 g/mol. The first-order valence-corrected chi connectivity index (χ1v) is 6.20. The molecule has 0 aromatic heterocycles. The Labute approximate surface area is 111 Å². The van der Waals surface area contributed by atoms with Crippen molar-refractivity contribution in [2.24, 2.45) is 0 Å². The molecule has 1 fully saturated rings. The highest BCUT2D eigenvalue weighted by molar-refractivity contribution is 5.83. The second-order valence-corrected chi connectivity index (χ2v) is 4.40. The van der Waals surface area contributed by atoms with E-state index in [9.17, 15) is 9.59 Å². The molecule has 2 rings (SSSR count). The van der Waals surface area contributed by atoms with Gasteiger partial charge in [0.1, 0.15) is 6.04 Å². The summed E-state index contributed by atoms with van der Waals surface area (Å²) in [5, 5.41) is 14.8. The highest BCUT2D eigenvalue weighted by Crippen LogP contribution is 2.05. The fourth-order valence-electron chi connectivity index (χ4n) is 2.04. The van der Waals surface area contributed by atoms with Crippen LogP contribution >= 0.6 is 0 Å². The highest BCUT2D eigenvalue weighted by atomic mass is 16.4. The van der Waals surface area contributed by atoms with Crippen molar-refractivity contribution in [1.82, 2.24) is 15.5 Å². The third-order valence-corrected chi connectivity index (χ3v) is 3.08. The van der Waals surface area contributed by atoms with E-state index in [0.717, 1.165) is 5.56 Å². The number of benzene rings is 1. The topological polar surface area (TPSA) is 81.7 Å². The summed E-state index contributed by atoms with van der Waals surface area (Å²) < 4.78 is 0. The number of amides is 2. The number of hydrogen-bond acceptors (Lipinski definition) is 3. The lowest BCUT2D eigenvalue weighted by atomic mass is 10.2. The van der Waals surface area contributed by atoms with E-state index >= 15 is 0 Å². The van der Waals surface area contributed by atoms with Crippen LogP contribution in [-0.4, -0.2) is 47.7 Å². The van der Waals surface area contributed by atoms with Crippen LogP contribution in [0.2, 0.25) is 0 Å². The van der Waals surface area contributed by atoms with Gasteiger partial charge in [-0.3, -0.25) is 0 Å². The van der Waals surface area contributed by atoms with E-state index in [1.165, 1.54) is 4.90 Å². The maximum atomic E-state index is 12.0. The molecule has 0 radical (unpaired) electrons. The number of urea groups is 1. The zero-order chi connectivity index (χ0) is 13.7. The Kier molecular flexibility index (Phi) is 4.35. The van der Waals surface area contributed by atoms with Crippen molar-refractivity contribution in [3.05, 3.63) is 35.9 Å². The van der Waals surface area contributed by atoms with Gasteiger partial charge < -0.3 is 20.6 Å². The van der Waals surface area contributed by atoms with Gasteiger partial charge in [0.2, 0.25) is 0 Å². The molecule has 1 saturated heterocycles. The number of carbonyl (C=O) groups excluding carboxylic acids is 1. The van der Waals surface area contributed by atoms with Crippen molar-refractivity contribution in [1.29, 1.82) is 0 Å². The van der Waals surface area contributed by atoms with Gasteiger partial charge >= 0.3 is 12.0 Å². The summed E-state index contributed by atoms with van der Waals surface area (Å²) in [5.74, 6) is -0.984. The van der Waals surface area contributed by atoms with E-state index in [-0.39, 0.29) is 12.6 Å². The molecule has 2 amide bonds. The zero-order valence-corrected chi connectivity index (χ0v) is 10.5. The molecule has 0 bridgehead atoms. The van der Waals surface area contributed by atoms with Crippen LogP contribution in [0.25, 0.3) is 0 Å². The minimum atomic E-state index is -0.984. The van der Waals surface area contributed by atoms with Gasteiger partial charge in [-0.05, 0) is 5.56 Å². The van der Waals surface area contributed by atoms with Gasteiger partial charge in [0.15, 0.2) is 0 Å². The van der Waals surface area contributed by atoms with Crippen LogP contribution in [-0.2, 0) is 11.3 Å². The van der Waals surface area contributed by atoms with Crippen molar-refractivity contribution >= 4 is 12.0 Å². The number of nitrogens with zero attached hydrogens (tertiary/aromatic N) is 1. The molecule has 1 unspecified atom stereocenters. The van der Waals surface area contributed by atoms with Crippen LogP contribution < -0.4 is 10.6 Å². The predicted octanol–water partition coefficient (Wildman–Crippen LogP) is 0.255. The molecular weight excluding hydrogens is 246 g/mol. The number of hydrogen-bond donors (Lipinski definition) is 3. The SMILES string of the molecule is O=C(O)C1CNCCN1C(=O)NCc1ccccc1. The lowest BCUT2D eigenvalue weighted by Gasteiger charge is -2.33. The molecule has 1 aromatic carbocycles. The van der Waals surface area contributed by atoms with Crippen LogP contribution in [0, 0.1) is 0 Å². The van der Waals surface area contributed by atoms with Crippen molar-refractivity contribution < 1.29 is 14.7 Å². The Morgan fingerprint density at radius 3 is 2.79 bits per heavy atom. The Balaban J connectivity index is 1.93. The maximum absolute atomic E-state index is 12.0. The first kappa shape index (κ1) is 13.4. The fraction of sp³-hybridized carbons (Fsp3) is 0.385. The van der Waals surface area contributed by atoms with Crippen LogP contribution in [0.15, 0.2) is 30.3 Å². The number of carboxylic acids is 1. The van der Waals surface area contributed by atoms with Gasteiger partial charge in [0, 0.05) is 26.2 Å². The Morgan fingerprint density at radius 1 is 1.37 bits per heavy atom. The summed E-state index contributed by atoms with van der Waals surface area (Å²) in [5.41, 5.74) is 0.984. The lowest BCUT2D eigenvalue weighted by molar-refractivity contribution is -0.142. The third-order valence-electron chi connectivity index (χ3n) is 3.08. The van der Waals surface area contributed by atoms with Gasteiger partial charge in [-0.15, -0.1) is 0 Å². The molecule has 0 aliphatic carbocycles. The molecule has 6 nitrogen and oxygen atoms in total. The highest BCUT2D eigenvalue weighted by Gasteiger charge is 2.31. The summed E-state index contributed by atoms with van der Waals surface area (Å²) in [6, 6.07) is 8.38. The molecule has 1 atom stereocenters. The molecule has 0 saturated carbocycles. The van der Waals surface area contributed by atoms with Crippen LogP contribution in [0.1, 0.15) is 5.56 Å². The van der Waals surface area contributed by atoms with E-state index < -0.39 is 12.0 Å². The summed E-state index contributed by atoms with van der Waals surface area (Å²) >= 11 is 0. The molecule has 1 aromatic rings. The van der Waals surface area contributed by atoms with E-state index in [1.807, 2.05) is 30.3 Å². The molecule has 102 valence electrons. The number of piperazine rings is 1.